The second-order valence-electron chi connectivity index (χ2n) is 5.07. The van der Waals surface area contributed by atoms with Crippen LogP contribution in [0.4, 0.5) is 11.4 Å². The molecule has 1 aromatic rings. The van der Waals surface area contributed by atoms with Gasteiger partial charge in [0.2, 0.25) is 11.8 Å². The van der Waals surface area contributed by atoms with Gasteiger partial charge in [0.05, 0.1) is 11.4 Å². The van der Waals surface area contributed by atoms with Gasteiger partial charge < -0.3 is 9.80 Å². The Balaban J connectivity index is 1.92. The van der Waals surface area contributed by atoms with E-state index in [9.17, 15) is 9.59 Å². The number of para-hydroxylation sites is 2. The zero-order chi connectivity index (χ0) is 13.4. The Morgan fingerprint density at radius 3 is 2.63 bits per heavy atom. The van der Waals surface area contributed by atoms with Crippen molar-refractivity contribution in [1.82, 2.24) is 5.32 Å². The first kappa shape index (κ1) is 12.0. The molecule has 2 amide bonds. The minimum atomic E-state index is -0.229. The molecule has 1 N–H and O–H groups in total. The Kier molecular flexibility index (Phi) is 2.89. The van der Waals surface area contributed by atoms with Crippen LogP contribution in [0.25, 0.3) is 0 Å². The molecule has 0 bridgehead atoms. The van der Waals surface area contributed by atoms with Gasteiger partial charge in [0.15, 0.2) is 0 Å². The standard InChI is InChI=1S/C14H17N3O2/c1-16-8-9-17(11-5-3-2-4-10(11)16)12-6-7-13(18)15-14(12)19/h2-5,12H,6-9H2,1H3,(H,15,18,19). The third-order valence-electron chi connectivity index (χ3n) is 3.87. The van der Waals surface area contributed by atoms with Gasteiger partial charge in [-0.25, -0.2) is 0 Å². The van der Waals surface area contributed by atoms with Crippen molar-refractivity contribution in [3.8, 4) is 0 Å². The van der Waals surface area contributed by atoms with Crippen LogP contribution in [-0.2, 0) is 9.59 Å². The van der Waals surface area contributed by atoms with E-state index in [0.717, 1.165) is 24.5 Å². The average molecular weight is 259 g/mol. The highest BCUT2D eigenvalue weighted by molar-refractivity contribution is 6.02. The Bertz CT molecular complexity index is 529. The predicted molar refractivity (Wildman–Crippen MR) is 73.2 cm³/mol. The molecule has 1 atom stereocenters. The maximum absolute atomic E-state index is 12.0. The normalized spacial score (nSPS) is 23.1. The number of fused-ring (bicyclic) bond motifs is 1. The minimum absolute atomic E-state index is 0.163. The number of hydrogen-bond donors (Lipinski definition) is 1. The lowest BCUT2D eigenvalue weighted by molar-refractivity contribution is -0.134. The lowest BCUT2D eigenvalue weighted by Gasteiger charge is -2.41. The van der Waals surface area contributed by atoms with E-state index in [1.54, 1.807) is 0 Å². The van der Waals surface area contributed by atoms with Crippen molar-refractivity contribution in [3.63, 3.8) is 0 Å². The molecular formula is C14H17N3O2. The van der Waals surface area contributed by atoms with Crippen LogP contribution in [0.15, 0.2) is 24.3 Å². The minimum Gasteiger partial charge on any atom is -0.371 e. The molecule has 1 aromatic carbocycles. The topological polar surface area (TPSA) is 52.6 Å². The van der Waals surface area contributed by atoms with E-state index < -0.39 is 0 Å². The van der Waals surface area contributed by atoms with Crippen LogP contribution in [0.3, 0.4) is 0 Å². The van der Waals surface area contributed by atoms with Crippen LogP contribution >= 0.6 is 0 Å². The first-order valence-electron chi connectivity index (χ1n) is 6.57. The molecule has 1 fully saturated rings. The highest BCUT2D eigenvalue weighted by Crippen LogP contribution is 2.34. The predicted octanol–water partition coefficient (Wildman–Crippen LogP) is 0.748. The van der Waals surface area contributed by atoms with Gasteiger partial charge in [-0.1, -0.05) is 12.1 Å². The van der Waals surface area contributed by atoms with Gasteiger partial charge >= 0.3 is 0 Å². The summed E-state index contributed by atoms with van der Waals surface area (Å²) in [4.78, 5) is 27.6. The van der Waals surface area contributed by atoms with Crippen molar-refractivity contribution >= 4 is 23.2 Å². The number of rotatable bonds is 1. The molecular weight excluding hydrogens is 242 g/mol. The number of likely N-dealkylation sites (N-methyl/N-ethyl adjacent to an activating group) is 1. The highest BCUT2D eigenvalue weighted by Gasteiger charge is 2.34. The van der Waals surface area contributed by atoms with Crippen molar-refractivity contribution < 1.29 is 9.59 Å². The quantitative estimate of drug-likeness (QED) is 0.756. The number of imide groups is 1. The number of anilines is 2. The summed E-state index contributed by atoms with van der Waals surface area (Å²) in [7, 11) is 2.06. The number of hydrogen-bond acceptors (Lipinski definition) is 4. The maximum Gasteiger partial charge on any atom is 0.249 e. The Morgan fingerprint density at radius 1 is 1.16 bits per heavy atom. The molecule has 0 aliphatic carbocycles. The molecule has 2 aliphatic heterocycles. The van der Waals surface area contributed by atoms with Gasteiger partial charge in [0.25, 0.3) is 0 Å². The molecule has 2 heterocycles. The van der Waals surface area contributed by atoms with Gasteiger partial charge in [-0.05, 0) is 18.6 Å². The molecule has 1 saturated heterocycles. The van der Waals surface area contributed by atoms with Gasteiger partial charge in [-0.2, -0.15) is 0 Å². The molecule has 1 unspecified atom stereocenters. The largest absolute Gasteiger partial charge is 0.371 e. The number of carbonyl (C=O) groups is 2. The third kappa shape index (κ3) is 2.05. The molecule has 19 heavy (non-hydrogen) atoms. The lowest BCUT2D eigenvalue weighted by Crippen LogP contribution is -2.55. The zero-order valence-electron chi connectivity index (χ0n) is 10.9. The molecule has 0 aromatic heterocycles. The molecule has 5 nitrogen and oxygen atoms in total. The summed E-state index contributed by atoms with van der Waals surface area (Å²) in [6, 6.07) is 7.86. The molecule has 3 rings (SSSR count). The molecule has 0 spiro atoms. The molecule has 2 aliphatic rings. The number of piperidine rings is 1. The average Bonchev–Trinajstić information content (AvgIpc) is 2.41. The molecule has 100 valence electrons. The summed E-state index contributed by atoms with van der Waals surface area (Å²) in [6.07, 6.45) is 1.02. The van der Waals surface area contributed by atoms with Crippen LogP contribution in [0.1, 0.15) is 12.8 Å². The van der Waals surface area contributed by atoms with Crippen LogP contribution in [0, 0.1) is 0 Å². The first-order chi connectivity index (χ1) is 9.16. The number of nitrogens with one attached hydrogen (secondary N) is 1. The number of amides is 2. The van der Waals surface area contributed by atoms with Crippen LogP contribution in [0.5, 0.6) is 0 Å². The number of nitrogens with zero attached hydrogens (tertiary/aromatic N) is 2. The van der Waals surface area contributed by atoms with E-state index in [-0.39, 0.29) is 17.9 Å². The number of carbonyl (C=O) groups excluding carboxylic acids is 2. The zero-order valence-corrected chi connectivity index (χ0v) is 10.9. The fourth-order valence-corrected chi connectivity index (χ4v) is 2.83. The van der Waals surface area contributed by atoms with Crippen molar-refractivity contribution in [2.75, 3.05) is 29.9 Å². The summed E-state index contributed by atoms with van der Waals surface area (Å²) < 4.78 is 0. The third-order valence-corrected chi connectivity index (χ3v) is 3.87. The first-order valence-corrected chi connectivity index (χ1v) is 6.57. The Morgan fingerprint density at radius 2 is 1.89 bits per heavy atom. The van der Waals surface area contributed by atoms with Gasteiger partial charge in [-0.15, -0.1) is 0 Å². The second-order valence-corrected chi connectivity index (χ2v) is 5.07. The van der Waals surface area contributed by atoms with Crippen molar-refractivity contribution in [2.24, 2.45) is 0 Å². The highest BCUT2D eigenvalue weighted by atomic mass is 16.2. The van der Waals surface area contributed by atoms with Crippen molar-refractivity contribution in [2.45, 2.75) is 18.9 Å². The van der Waals surface area contributed by atoms with E-state index in [0.29, 0.717) is 12.8 Å². The van der Waals surface area contributed by atoms with Crippen molar-refractivity contribution in [1.29, 1.82) is 0 Å². The summed E-state index contributed by atoms with van der Waals surface area (Å²) in [5.74, 6) is -0.334. The summed E-state index contributed by atoms with van der Waals surface area (Å²) in [5.41, 5.74) is 2.21. The lowest BCUT2D eigenvalue weighted by atomic mass is 10.0. The van der Waals surface area contributed by atoms with E-state index in [2.05, 4.69) is 28.2 Å². The molecule has 0 saturated carbocycles. The van der Waals surface area contributed by atoms with E-state index >= 15 is 0 Å². The van der Waals surface area contributed by atoms with E-state index in [4.69, 9.17) is 0 Å². The van der Waals surface area contributed by atoms with Gasteiger partial charge in [0.1, 0.15) is 6.04 Å². The SMILES string of the molecule is CN1CCN(C2CCC(=O)NC2=O)c2ccccc21. The van der Waals surface area contributed by atoms with E-state index in [1.807, 2.05) is 18.2 Å². The summed E-state index contributed by atoms with van der Waals surface area (Å²) in [6.45, 7) is 1.69. The van der Waals surface area contributed by atoms with Crippen LogP contribution < -0.4 is 15.1 Å². The Hall–Kier alpha value is -2.04. The Labute approximate surface area is 112 Å². The van der Waals surface area contributed by atoms with E-state index in [1.165, 1.54) is 0 Å². The van der Waals surface area contributed by atoms with Crippen LogP contribution in [0.2, 0.25) is 0 Å². The maximum atomic E-state index is 12.0. The molecule has 0 radical (unpaired) electrons. The number of benzene rings is 1. The van der Waals surface area contributed by atoms with Gasteiger partial charge in [-0.3, -0.25) is 14.9 Å². The van der Waals surface area contributed by atoms with Gasteiger partial charge in [0, 0.05) is 26.6 Å². The second kappa shape index (κ2) is 4.57. The summed E-state index contributed by atoms with van der Waals surface area (Å²) in [5, 5.41) is 2.44. The fraction of sp³-hybridized carbons (Fsp3) is 0.429. The smallest absolute Gasteiger partial charge is 0.249 e. The molecule has 5 heteroatoms. The van der Waals surface area contributed by atoms with Crippen molar-refractivity contribution in [3.05, 3.63) is 24.3 Å². The summed E-state index contributed by atoms with van der Waals surface area (Å²) >= 11 is 0. The fourth-order valence-electron chi connectivity index (χ4n) is 2.83. The van der Waals surface area contributed by atoms with Crippen LogP contribution in [-0.4, -0.2) is 38.0 Å². The monoisotopic (exact) mass is 259 g/mol.